The van der Waals surface area contributed by atoms with Crippen molar-refractivity contribution in [1.29, 1.82) is 0 Å². The van der Waals surface area contributed by atoms with E-state index in [1.54, 1.807) is 12.1 Å². The third-order valence-electron chi connectivity index (χ3n) is 5.27. The Balaban J connectivity index is 1.73. The first-order valence-electron chi connectivity index (χ1n) is 10.4. The Morgan fingerprint density at radius 3 is 2.59 bits per heavy atom. The van der Waals surface area contributed by atoms with Gasteiger partial charge in [-0.2, -0.15) is 13.2 Å². The second kappa shape index (κ2) is 9.97. The van der Waals surface area contributed by atoms with Crippen LogP contribution >= 0.6 is 0 Å². The van der Waals surface area contributed by atoms with Crippen LogP contribution in [-0.4, -0.2) is 42.5 Å². The first-order chi connectivity index (χ1) is 15.1. The summed E-state index contributed by atoms with van der Waals surface area (Å²) in [6.45, 7) is 5.22. The second-order valence-electron chi connectivity index (χ2n) is 7.91. The van der Waals surface area contributed by atoms with Gasteiger partial charge in [-0.25, -0.2) is 20.2 Å². The van der Waals surface area contributed by atoms with Crippen molar-refractivity contribution in [2.75, 3.05) is 0 Å². The van der Waals surface area contributed by atoms with Gasteiger partial charge in [-0.3, -0.25) is 10.1 Å². The maximum absolute atomic E-state index is 13.3. The quantitative estimate of drug-likeness (QED) is 0.310. The molecule has 3 rings (SSSR count). The monoisotopic (exact) mass is 457 g/mol. The summed E-state index contributed by atoms with van der Waals surface area (Å²) in [5.74, 6) is -1.20. The highest BCUT2D eigenvalue weighted by Crippen LogP contribution is 2.33. The summed E-state index contributed by atoms with van der Waals surface area (Å²) in [5.41, 5.74) is 6.40. The normalized spacial score (nSPS) is 27.2. The summed E-state index contributed by atoms with van der Waals surface area (Å²) >= 11 is 0. The van der Waals surface area contributed by atoms with Gasteiger partial charge in [0.05, 0.1) is 11.7 Å². The van der Waals surface area contributed by atoms with Gasteiger partial charge < -0.3 is 10.1 Å². The number of halogens is 4. The number of carbonyl (C=O) groups excluding carboxylic acids is 1. The molecule has 0 aromatic heterocycles. The summed E-state index contributed by atoms with van der Waals surface area (Å²) in [6, 6.07) is 5.81. The lowest BCUT2D eigenvalue weighted by atomic mass is 10.0. The van der Waals surface area contributed by atoms with Gasteiger partial charge in [0.1, 0.15) is 12.0 Å². The Morgan fingerprint density at radius 1 is 1.28 bits per heavy atom. The average molecular weight is 457 g/mol. The molecule has 2 heterocycles. The van der Waals surface area contributed by atoms with E-state index in [0.717, 1.165) is 11.6 Å². The van der Waals surface area contributed by atoms with Crippen LogP contribution in [0.15, 0.2) is 40.9 Å². The van der Waals surface area contributed by atoms with Gasteiger partial charge in [-0.1, -0.05) is 19.1 Å². The Bertz CT molecular complexity index is 872. The number of hydrogen-bond donors (Lipinski definition) is 4. The van der Waals surface area contributed by atoms with Crippen LogP contribution in [0.4, 0.5) is 17.6 Å². The highest BCUT2D eigenvalue weighted by molar-refractivity contribution is 6.06. The largest absolute Gasteiger partial charge is 0.419 e. The first kappa shape index (κ1) is 24.1. The lowest BCUT2D eigenvalue weighted by Gasteiger charge is -2.21. The van der Waals surface area contributed by atoms with Crippen LogP contribution in [0, 0.1) is 5.82 Å². The van der Waals surface area contributed by atoms with Crippen molar-refractivity contribution in [1.82, 2.24) is 21.5 Å². The zero-order valence-corrected chi connectivity index (χ0v) is 18.0. The highest BCUT2D eigenvalue weighted by Gasteiger charge is 2.49. The van der Waals surface area contributed by atoms with E-state index in [4.69, 9.17) is 4.74 Å². The van der Waals surface area contributed by atoms with Gasteiger partial charge in [0.2, 0.25) is 0 Å². The standard InChI is InChI=1S/C21H27F4N5O2/c1-4-11(2)26-20(28-19(31)15-9-12(3)32-18(15)21(23,24)25)27-17-10-16(29-30-17)13-5-7-14(22)8-6-13/h5-9,11-12,16-18,29-30H,4,10H2,1-3H3,(H2,26,27,28,31). The van der Waals surface area contributed by atoms with E-state index < -0.39 is 36.0 Å². The van der Waals surface area contributed by atoms with Crippen LogP contribution in [0.1, 0.15) is 45.2 Å². The number of ether oxygens (including phenoxy) is 1. The number of benzene rings is 1. The molecule has 1 aromatic rings. The van der Waals surface area contributed by atoms with Gasteiger partial charge in [0.25, 0.3) is 5.91 Å². The average Bonchev–Trinajstić information content (AvgIpc) is 3.35. The number of hydrazine groups is 1. The van der Waals surface area contributed by atoms with E-state index >= 15 is 0 Å². The van der Waals surface area contributed by atoms with Gasteiger partial charge >= 0.3 is 6.18 Å². The van der Waals surface area contributed by atoms with Crippen molar-refractivity contribution in [3.05, 3.63) is 47.3 Å². The molecule has 0 bridgehead atoms. The van der Waals surface area contributed by atoms with E-state index in [1.807, 2.05) is 13.8 Å². The van der Waals surface area contributed by atoms with Crippen molar-refractivity contribution in [3.63, 3.8) is 0 Å². The second-order valence-corrected chi connectivity index (χ2v) is 7.91. The molecular weight excluding hydrogens is 430 g/mol. The summed E-state index contributed by atoms with van der Waals surface area (Å²) in [4.78, 5) is 17.1. The molecule has 0 aliphatic carbocycles. The lowest BCUT2D eigenvalue weighted by molar-refractivity contribution is -0.207. The molecule has 11 heteroatoms. The molecule has 1 fully saturated rings. The predicted octanol–water partition coefficient (Wildman–Crippen LogP) is 2.83. The van der Waals surface area contributed by atoms with E-state index in [9.17, 15) is 22.4 Å². The summed E-state index contributed by atoms with van der Waals surface area (Å²) in [7, 11) is 0. The minimum absolute atomic E-state index is 0.0600. The molecule has 2 aliphatic rings. The number of guanidine groups is 1. The summed E-state index contributed by atoms with van der Waals surface area (Å²) in [5, 5.41) is 5.50. The molecule has 5 atom stereocenters. The fraction of sp³-hybridized carbons (Fsp3) is 0.524. The van der Waals surface area contributed by atoms with E-state index in [-0.39, 0.29) is 23.9 Å². The molecular formula is C21H27F4N5O2. The molecule has 2 aliphatic heterocycles. The molecule has 7 nitrogen and oxygen atoms in total. The van der Waals surface area contributed by atoms with Crippen molar-refractivity contribution in [3.8, 4) is 0 Å². The zero-order valence-electron chi connectivity index (χ0n) is 18.0. The molecule has 5 unspecified atom stereocenters. The fourth-order valence-corrected chi connectivity index (χ4v) is 3.43. The maximum Gasteiger partial charge on any atom is 0.419 e. The van der Waals surface area contributed by atoms with Crippen LogP contribution in [0.5, 0.6) is 0 Å². The molecule has 1 aromatic carbocycles. The number of alkyl halides is 3. The molecule has 1 saturated heterocycles. The molecule has 0 radical (unpaired) electrons. The molecule has 176 valence electrons. The molecule has 0 saturated carbocycles. The Kier molecular flexibility index (Phi) is 7.52. The summed E-state index contributed by atoms with van der Waals surface area (Å²) < 4.78 is 57.8. The van der Waals surface area contributed by atoms with Crippen molar-refractivity contribution in [2.24, 2.45) is 4.99 Å². The van der Waals surface area contributed by atoms with Crippen LogP contribution < -0.4 is 21.5 Å². The van der Waals surface area contributed by atoms with Crippen molar-refractivity contribution < 1.29 is 27.1 Å². The first-order valence-corrected chi connectivity index (χ1v) is 10.4. The number of nitrogens with zero attached hydrogens (tertiary/aromatic N) is 1. The number of carbonyl (C=O) groups is 1. The number of rotatable bonds is 5. The van der Waals surface area contributed by atoms with E-state index in [2.05, 4.69) is 26.5 Å². The van der Waals surface area contributed by atoms with Crippen LogP contribution in [0.25, 0.3) is 0 Å². The number of aliphatic imine (C=N–C) groups is 1. The highest BCUT2D eigenvalue weighted by atomic mass is 19.4. The predicted molar refractivity (Wildman–Crippen MR) is 111 cm³/mol. The maximum atomic E-state index is 13.3. The third-order valence-corrected chi connectivity index (χ3v) is 5.27. The SMILES string of the molecule is CCC(C)NC(=NC1CC(c2ccc(F)cc2)NN1)NC(=O)C1=CC(C)OC1C(F)(F)F. The lowest BCUT2D eigenvalue weighted by Crippen LogP contribution is -2.48. The van der Waals surface area contributed by atoms with E-state index in [1.165, 1.54) is 19.1 Å². The van der Waals surface area contributed by atoms with E-state index in [0.29, 0.717) is 12.8 Å². The molecule has 1 amide bonds. The number of hydrogen-bond acceptors (Lipinski definition) is 5. The van der Waals surface area contributed by atoms with Gasteiger partial charge in [-0.05, 0) is 44.0 Å². The Hall–Kier alpha value is -2.50. The van der Waals surface area contributed by atoms with Crippen LogP contribution in [0.3, 0.4) is 0 Å². The van der Waals surface area contributed by atoms with Gasteiger partial charge in [0.15, 0.2) is 12.1 Å². The van der Waals surface area contributed by atoms with Crippen LogP contribution in [0.2, 0.25) is 0 Å². The minimum atomic E-state index is -4.70. The fourth-order valence-electron chi connectivity index (χ4n) is 3.43. The van der Waals surface area contributed by atoms with Crippen molar-refractivity contribution in [2.45, 2.75) is 70.2 Å². The summed E-state index contributed by atoms with van der Waals surface area (Å²) in [6.07, 6.45) is -5.93. The van der Waals surface area contributed by atoms with Crippen molar-refractivity contribution >= 4 is 11.9 Å². The Labute approximate surface area is 183 Å². The smallest absolute Gasteiger partial charge is 0.357 e. The number of amides is 1. The minimum Gasteiger partial charge on any atom is -0.357 e. The number of nitrogens with one attached hydrogen (secondary N) is 4. The molecule has 32 heavy (non-hydrogen) atoms. The van der Waals surface area contributed by atoms with Gasteiger partial charge in [-0.15, -0.1) is 0 Å². The third kappa shape index (κ3) is 6.05. The topological polar surface area (TPSA) is 86.8 Å². The van der Waals surface area contributed by atoms with Gasteiger partial charge in [0, 0.05) is 18.5 Å². The molecule has 4 N–H and O–H groups in total. The zero-order chi connectivity index (χ0) is 23.5. The van der Waals surface area contributed by atoms with Crippen LogP contribution in [-0.2, 0) is 9.53 Å². The Morgan fingerprint density at radius 2 is 1.97 bits per heavy atom. The molecule has 0 spiro atoms.